The highest BCUT2D eigenvalue weighted by Gasteiger charge is 2.01. The van der Waals surface area contributed by atoms with Crippen molar-refractivity contribution < 1.29 is 17.5 Å². The molecule has 0 radical (unpaired) electrons. The van der Waals surface area contributed by atoms with Crippen LogP contribution in [0.1, 0.15) is 0 Å². The Morgan fingerprint density at radius 3 is 2.47 bits per heavy atom. The minimum absolute atomic E-state index is 0. The van der Waals surface area contributed by atoms with Crippen LogP contribution in [0.2, 0.25) is 0 Å². The third kappa shape index (κ3) is 2.55. The van der Waals surface area contributed by atoms with Crippen LogP contribution in [0.3, 0.4) is 0 Å². The van der Waals surface area contributed by atoms with Crippen LogP contribution in [0.5, 0.6) is 0 Å². The summed E-state index contributed by atoms with van der Waals surface area (Å²) in [4.78, 5) is 0. The van der Waals surface area contributed by atoms with Gasteiger partial charge in [0, 0.05) is 6.07 Å². The molecule has 0 fully saturated rings. The van der Waals surface area contributed by atoms with Crippen molar-refractivity contribution in [2.75, 3.05) is 5.73 Å². The van der Waals surface area contributed by atoms with Gasteiger partial charge in [-0.15, -0.1) is 9.78 Å². The number of anilines is 1. The van der Waals surface area contributed by atoms with Crippen LogP contribution < -0.4 is 23.2 Å². The average molecular weight is 240 g/mol. The lowest BCUT2D eigenvalue weighted by atomic mass is 10.3. The maximum absolute atomic E-state index is 5.59. The first-order valence-corrected chi connectivity index (χ1v) is 4.64. The van der Waals surface area contributed by atoms with E-state index in [4.69, 9.17) is 18.0 Å². The number of hydrogen-bond donors (Lipinski definition) is 1. The van der Waals surface area contributed by atoms with Gasteiger partial charge in [-0.1, -0.05) is 30.4 Å². The van der Waals surface area contributed by atoms with Gasteiger partial charge >= 0.3 is 0 Å². The molecule has 0 bridgehead atoms. The van der Waals surface area contributed by atoms with E-state index in [1.165, 1.54) is 0 Å². The lowest BCUT2D eigenvalue weighted by Crippen LogP contribution is -3.00. The summed E-state index contributed by atoms with van der Waals surface area (Å²) in [7, 11) is 0. The van der Waals surface area contributed by atoms with Gasteiger partial charge in [-0.25, -0.2) is 0 Å². The van der Waals surface area contributed by atoms with Crippen LogP contribution in [0.4, 0.5) is 5.69 Å². The number of nitrogen functional groups attached to an aromatic ring is 1. The van der Waals surface area contributed by atoms with Crippen molar-refractivity contribution in [2.24, 2.45) is 0 Å². The highest BCUT2D eigenvalue weighted by atomic mass is 35.5. The smallest absolute Gasteiger partial charge is 0.214 e. The first-order chi connectivity index (χ1) is 6.77. The molecule has 0 saturated heterocycles. The molecule has 0 aliphatic heterocycles. The second-order valence-electron chi connectivity index (χ2n) is 2.93. The molecule has 0 aliphatic rings. The number of rotatable bonds is 1. The second-order valence-corrected chi connectivity index (χ2v) is 3.35. The van der Waals surface area contributed by atoms with Crippen molar-refractivity contribution in [1.29, 1.82) is 0 Å². The first-order valence-electron chi connectivity index (χ1n) is 4.23. The van der Waals surface area contributed by atoms with Crippen LogP contribution in [-0.4, -0.2) is 4.68 Å². The number of nitrogens with one attached hydrogen (secondary N) is 1. The zero-order valence-corrected chi connectivity index (χ0v) is 9.42. The van der Waals surface area contributed by atoms with E-state index in [-0.39, 0.29) is 12.4 Å². The number of nitrogens with zero attached hydrogens (tertiary/aromatic N) is 1. The highest BCUT2D eigenvalue weighted by Crippen LogP contribution is 2.05. The molecule has 5 heteroatoms. The third-order valence-corrected chi connectivity index (χ3v) is 2.19. The Labute approximate surface area is 99.0 Å². The number of benzene rings is 1. The van der Waals surface area contributed by atoms with Gasteiger partial charge < -0.3 is 18.1 Å². The molecule has 15 heavy (non-hydrogen) atoms. The molecule has 3 N–H and O–H groups in total. The zero-order valence-electron chi connectivity index (χ0n) is 7.85. The van der Waals surface area contributed by atoms with Crippen LogP contribution in [-0.2, 0) is 0 Å². The van der Waals surface area contributed by atoms with Crippen molar-refractivity contribution in [2.45, 2.75) is 0 Å². The molecule has 1 aromatic heterocycles. The third-order valence-electron chi connectivity index (χ3n) is 1.89. The summed E-state index contributed by atoms with van der Waals surface area (Å²) in [5.74, 6) is 0. The largest absolute Gasteiger partial charge is 1.00 e. The molecule has 3 nitrogen and oxygen atoms in total. The molecule has 78 valence electrons. The number of aromatic amines is 1. The standard InChI is InChI=1S/C10H9N3S.ClH/c11-8-6-10(14)13(12-7-8)9-4-2-1-3-5-9;/h1-7H,11H2;1H. The van der Waals surface area contributed by atoms with Gasteiger partial charge in [0.1, 0.15) is 11.4 Å². The Morgan fingerprint density at radius 2 is 1.87 bits per heavy atom. The van der Waals surface area contributed by atoms with E-state index in [9.17, 15) is 0 Å². The summed E-state index contributed by atoms with van der Waals surface area (Å²) in [6, 6.07) is 11.6. The maximum atomic E-state index is 5.59. The fourth-order valence-electron chi connectivity index (χ4n) is 1.23. The van der Waals surface area contributed by atoms with Crippen molar-refractivity contribution in [1.82, 2.24) is 4.68 Å². The number of aromatic nitrogens is 2. The summed E-state index contributed by atoms with van der Waals surface area (Å²) in [5.41, 5.74) is 7.23. The molecule has 0 spiro atoms. The van der Waals surface area contributed by atoms with Gasteiger partial charge in [0.05, 0.1) is 0 Å². The van der Waals surface area contributed by atoms with E-state index in [0.29, 0.717) is 10.3 Å². The van der Waals surface area contributed by atoms with E-state index >= 15 is 0 Å². The normalized spacial score (nSPS) is 9.33. The lowest BCUT2D eigenvalue weighted by Gasteiger charge is -1.99. The predicted molar refractivity (Wildman–Crippen MR) is 57.6 cm³/mol. The van der Waals surface area contributed by atoms with Crippen LogP contribution in [0, 0.1) is 4.64 Å². The van der Waals surface area contributed by atoms with Crippen molar-refractivity contribution in [3.63, 3.8) is 0 Å². The maximum Gasteiger partial charge on any atom is 0.214 e. The summed E-state index contributed by atoms with van der Waals surface area (Å²) in [6.45, 7) is 0. The van der Waals surface area contributed by atoms with Gasteiger partial charge in [-0.2, -0.15) is 0 Å². The van der Waals surface area contributed by atoms with Crippen molar-refractivity contribution >= 4 is 17.9 Å². The number of halogens is 1. The molecule has 0 atom stereocenters. The van der Waals surface area contributed by atoms with E-state index in [1.807, 2.05) is 30.3 Å². The van der Waals surface area contributed by atoms with Gasteiger partial charge in [0.2, 0.25) is 6.20 Å². The molecule has 0 saturated carbocycles. The Balaban J connectivity index is 0.00000112. The zero-order chi connectivity index (χ0) is 9.97. The topological polar surface area (TPSA) is 45.1 Å². The number of H-pyrrole nitrogens is 1. The van der Waals surface area contributed by atoms with E-state index in [1.54, 1.807) is 16.9 Å². The molecular formula is C10H10ClN3S. The highest BCUT2D eigenvalue weighted by molar-refractivity contribution is 7.71. The van der Waals surface area contributed by atoms with E-state index in [2.05, 4.69) is 5.10 Å². The van der Waals surface area contributed by atoms with E-state index in [0.717, 1.165) is 5.69 Å². The molecule has 0 amide bonds. The molecule has 2 rings (SSSR count). The van der Waals surface area contributed by atoms with E-state index < -0.39 is 0 Å². The van der Waals surface area contributed by atoms with Crippen LogP contribution in [0.25, 0.3) is 5.69 Å². The molecular weight excluding hydrogens is 230 g/mol. The Morgan fingerprint density at radius 1 is 1.20 bits per heavy atom. The summed E-state index contributed by atoms with van der Waals surface area (Å²) < 4.78 is 2.46. The van der Waals surface area contributed by atoms with Crippen molar-refractivity contribution in [3.05, 3.63) is 47.2 Å². The summed E-state index contributed by atoms with van der Waals surface area (Å²) in [5, 5.41) is 3.01. The number of hydrogen-bond acceptors (Lipinski definition) is 2. The molecule has 0 unspecified atom stereocenters. The minimum Gasteiger partial charge on any atom is -1.00 e. The number of para-hydroxylation sites is 1. The van der Waals surface area contributed by atoms with Gasteiger partial charge in [0.25, 0.3) is 0 Å². The van der Waals surface area contributed by atoms with Crippen LogP contribution in [0.15, 0.2) is 42.6 Å². The SMILES string of the molecule is Nc1c[nH+]n(-c2ccccc2)c(=S)c1.[Cl-]. The summed E-state index contributed by atoms with van der Waals surface area (Å²) in [6.07, 6.45) is 1.71. The monoisotopic (exact) mass is 239 g/mol. The minimum atomic E-state index is 0. The molecule has 1 heterocycles. The second kappa shape index (κ2) is 4.91. The quantitative estimate of drug-likeness (QED) is 0.623. The average Bonchev–Trinajstić information content (AvgIpc) is 2.19. The van der Waals surface area contributed by atoms with Crippen LogP contribution >= 0.6 is 12.2 Å². The Kier molecular flexibility index (Phi) is 3.82. The summed E-state index contributed by atoms with van der Waals surface area (Å²) >= 11 is 5.17. The fraction of sp³-hybridized carbons (Fsp3) is 0. The van der Waals surface area contributed by atoms with Gasteiger partial charge in [-0.3, -0.25) is 0 Å². The van der Waals surface area contributed by atoms with Crippen molar-refractivity contribution in [3.8, 4) is 5.69 Å². The molecule has 1 aromatic carbocycles. The number of nitrogens with two attached hydrogens (primary N) is 1. The molecule has 0 aliphatic carbocycles. The first kappa shape index (κ1) is 11.7. The molecule has 2 aromatic rings. The lowest BCUT2D eigenvalue weighted by molar-refractivity contribution is -0.480. The predicted octanol–water partition coefficient (Wildman–Crippen LogP) is -1.39. The van der Waals surface area contributed by atoms with Gasteiger partial charge in [-0.05, 0) is 12.1 Å². The fourth-order valence-corrected chi connectivity index (χ4v) is 1.52. The van der Waals surface area contributed by atoms with Gasteiger partial charge in [0.15, 0.2) is 4.64 Å². The Hall–Kier alpha value is -1.39. The Bertz CT molecular complexity index is 496.